The molecule has 0 spiro atoms. The second-order valence-electron chi connectivity index (χ2n) is 9.39. The standard InChI is InChI=1S/C26H34N4O5/c1-16(2)14-29(23-24(27)30(15-17(3)4)26(33)28-25(23)32)22(31)13-11-20-10-12-21(35-20)18-6-8-19(34-5)9-7-18/h6-10,12,16-17H,11,13-15,27H2,1-5H3,(H,28,32,33). The van der Waals surface area contributed by atoms with Crippen molar-refractivity contribution in [3.8, 4) is 17.1 Å². The number of benzene rings is 1. The lowest BCUT2D eigenvalue weighted by Crippen LogP contribution is -2.43. The first-order chi connectivity index (χ1) is 16.6. The largest absolute Gasteiger partial charge is 0.497 e. The van der Waals surface area contributed by atoms with Crippen LogP contribution in [0.3, 0.4) is 0 Å². The number of methoxy groups -OCH3 is 1. The SMILES string of the molecule is COc1ccc(-c2ccc(CCC(=O)N(CC(C)C)c3c(N)n(CC(C)C)c(=O)[nH]c3=O)o2)cc1. The number of anilines is 2. The molecule has 3 rings (SSSR count). The van der Waals surface area contributed by atoms with Crippen molar-refractivity contribution in [3.05, 3.63) is 63.0 Å². The van der Waals surface area contributed by atoms with Gasteiger partial charge in [0.1, 0.15) is 23.1 Å². The van der Waals surface area contributed by atoms with Crippen molar-refractivity contribution in [3.63, 3.8) is 0 Å². The fraction of sp³-hybridized carbons (Fsp3) is 0.423. The Morgan fingerprint density at radius 2 is 1.77 bits per heavy atom. The summed E-state index contributed by atoms with van der Waals surface area (Å²) in [4.78, 5) is 42.1. The Morgan fingerprint density at radius 3 is 2.37 bits per heavy atom. The predicted molar refractivity (Wildman–Crippen MR) is 137 cm³/mol. The van der Waals surface area contributed by atoms with Gasteiger partial charge in [0, 0.05) is 31.5 Å². The fourth-order valence-corrected chi connectivity index (χ4v) is 3.86. The number of nitrogen functional groups attached to an aromatic ring is 1. The number of nitrogens with two attached hydrogens (primary N) is 1. The van der Waals surface area contributed by atoms with Crippen LogP contribution in [0.25, 0.3) is 11.3 Å². The first-order valence-electron chi connectivity index (χ1n) is 11.8. The summed E-state index contributed by atoms with van der Waals surface area (Å²) in [6.07, 6.45) is 0.470. The zero-order valence-electron chi connectivity index (χ0n) is 21.0. The Labute approximate surface area is 204 Å². The van der Waals surface area contributed by atoms with Crippen LogP contribution in [-0.4, -0.2) is 29.1 Å². The zero-order valence-corrected chi connectivity index (χ0v) is 21.0. The lowest BCUT2D eigenvalue weighted by Gasteiger charge is -2.26. The summed E-state index contributed by atoms with van der Waals surface area (Å²) in [5.74, 6) is 2.03. The van der Waals surface area contributed by atoms with Crippen LogP contribution in [0.1, 0.15) is 39.9 Å². The highest BCUT2D eigenvalue weighted by Gasteiger charge is 2.25. The Bertz CT molecular complexity index is 1270. The molecule has 188 valence electrons. The average molecular weight is 483 g/mol. The molecule has 9 heteroatoms. The first-order valence-corrected chi connectivity index (χ1v) is 11.8. The van der Waals surface area contributed by atoms with Gasteiger partial charge in [-0.2, -0.15) is 0 Å². The Balaban J connectivity index is 1.82. The van der Waals surface area contributed by atoms with Crippen LogP contribution >= 0.6 is 0 Å². The smallest absolute Gasteiger partial charge is 0.330 e. The van der Waals surface area contributed by atoms with Gasteiger partial charge in [-0.15, -0.1) is 0 Å². The van der Waals surface area contributed by atoms with Gasteiger partial charge >= 0.3 is 5.69 Å². The molecule has 2 aromatic heterocycles. The number of hydrogen-bond acceptors (Lipinski definition) is 6. The van der Waals surface area contributed by atoms with E-state index in [4.69, 9.17) is 14.9 Å². The highest BCUT2D eigenvalue weighted by Crippen LogP contribution is 2.26. The number of aromatic amines is 1. The lowest BCUT2D eigenvalue weighted by molar-refractivity contribution is -0.118. The molecule has 3 aromatic rings. The third kappa shape index (κ3) is 6.23. The lowest BCUT2D eigenvalue weighted by atomic mass is 10.1. The van der Waals surface area contributed by atoms with Gasteiger partial charge < -0.3 is 19.8 Å². The summed E-state index contributed by atoms with van der Waals surface area (Å²) in [6.45, 7) is 8.40. The van der Waals surface area contributed by atoms with Crippen molar-refractivity contribution in [2.24, 2.45) is 11.8 Å². The van der Waals surface area contributed by atoms with Gasteiger partial charge in [0.2, 0.25) is 5.91 Å². The molecule has 0 aliphatic carbocycles. The van der Waals surface area contributed by atoms with E-state index in [1.807, 2.05) is 64.1 Å². The van der Waals surface area contributed by atoms with Gasteiger partial charge in [-0.1, -0.05) is 27.7 Å². The maximum absolute atomic E-state index is 13.3. The number of furan rings is 1. The molecule has 0 fully saturated rings. The van der Waals surface area contributed by atoms with Crippen molar-refractivity contribution in [1.82, 2.24) is 9.55 Å². The number of hydrogen-bond donors (Lipinski definition) is 2. The third-order valence-corrected chi connectivity index (χ3v) is 5.50. The van der Waals surface area contributed by atoms with E-state index in [9.17, 15) is 14.4 Å². The third-order valence-electron chi connectivity index (χ3n) is 5.50. The summed E-state index contributed by atoms with van der Waals surface area (Å²) in [6, 6.07) is 11.2. The number of amides is 1. The van der Waals surface area contributed by atoms with E-state index >= 15 is 0 Å². The van der Waals surface area contributed by atoms with E-state index in [1.165, 1.54) is 9.47 Å². The minimum absolute atomic E-state index is 0.00115. The van der Waals surface area contributed by atoms with E-state index in [1.54, 1.807) is 7.11 Å². The number of aromatic nitrogens is 2. The van der Waals surface area contributed by atoms with Gasteiger partial charge in [0.05, 0.1) is 7.11 Å². The quantitative estimate of drug-likeness (QED) is 0.454. The second-order valence-corrected chi connectivity index (χ2v) is 9.39. The number of nitrogens with one attached hydrogen (secondary N) is 1. The van der Waals surface area contributed by atoms with Gasteiger partial charge in [0.25, 0.3) is 5.56 Å². The normalized spacial score (nSPS) is 11.3. The predicted octanol–water partition coefficient (Wildman–Crippen LogP) is 3.67. The van der Waals surface area contributed by atoms with E-state index in [-0.39, 0.29) is 35.7 Å². The topological polar surface area (TPSA) is 124 Å². The second kappa shape index (κ2) is 11.1. The number of carbonyl (C=O) groups is 1. The molecule has 2 heterocycles. The minimum Gasteiger partial charge on any atom is -0.497 e. The molecule has 9 nitrogen and oxygen atoms in total. The van der Waals surface area contributed by atoms with Crippen LogP contribution in [0, 0.1) is 11.8 Å². The molecule has 0 aliphatic rings. The van der Waals surface area contributed by atoms with Crippen molar-refractivity contribution < 1.29 is 13.9 Å². The van der Waals surface area contributed by atoms with Crippen LogP contribution in [0.5, 0.6) is 5.75 Å². The Hall–Kier alpha value is -3.75. The summed E-state index contributed by atoms with van der Waals surface area (Å²) in [5.41, 5.74) is 5.94. The molecule has 3 N–H and O–H groups in total. The van der Waals surface area contributed by atoms with Crippen LogP contribution in [0.15, 0.2) is 50.4 Å². The summed E-state index contributed by atoms with van der Waals surface area (Å²) >= 11 is 0. The zero-order chi connectivity index (χ0) is 25.7. The minimum atomic E-state index is -0.665. The molecule has 0 unspecified atom stereocenters. The highest BCUT2D eigenvalue weighted by molar-refractivity contribution is 5.95. The Kier molecular flexibility index (Phi) is 8.22. The summed E-state index contributed by atoms with van der Waals surface area (Å²) in [5, 5.41) is 0. The van der Waals surface area contributed by atoms with E-state index in [0.29, 0.717) is 31.0 Å². The molecule has 0 bridgehead atoms. The van der Waals surface area contributed by atoms with E-state index < -0.39 is 11.2 Å². The average Bonchev–Trinajstić information content (AvgIpc) is 3.28. The number of ether oxygens (including phenoxy) is 1. The van der Waals surface area contributed by atoms with E-state index in [0.717, 1.165) is 11.3 Å². The van der Waals surface area contributed by atoms with Crippen LogP contribution in [-0.2, 0) is 17.8 Å². The van der Waals surface area contributed by atoms with Gasteiger partial charge in [0.15, 0.2) is 5.69 Å². The van der Waals surface area contributed by atoms with Crippen molar-refractivity contribution in [2.75, 3.05) is 24.3 Å². The van der Waals surface area contributed by atoms with Crippen LogP contribution < -0.4 is 26.6 Å². The fourth-order valence-electron chi connectivity index (χ4n) is 3.86. The summed E-state index contributed by atoms with van der Waals surface area (Å²) < 4.78 is 12.4. The maximum atomic E-state index is 13.3. The summed E-state index contributed by atoms with van der Waals surface area (Å²) in [7, 11) is 1.61. The molecule has 0 saturated carbocycles. The molecule has 1 aromatic carbocycles. The molecule has 0 saturated heterocycles. The molecular weight excluding hydrogens is 448 g/mol. The number of nitrogens with zero attached hydrogens (tertiary/aromatic N) is 2. The van der Waals surface area contributed by atoms with Gasteiger partial charge in [-0.3, -0.25) is 19.1 Å². The number of aryl methyl sites for hydroxylation is 1. The van der Waals surface area contributed by atoms with Crippen molar-refractivity contribution in [1.29, 1.82) is 0 Å². The molecular formula is C26H34N4O5. The number of rotatable bonds is 10. The number of H-pyrrole nitrogens is 1. The molecule has 0 aliphatic heterocycles. The van der Waals surface area contributed by atoms with Crippen LogP contribution in [0.4, 0.5) is 11.5 Å². The molecule has 1 amide bonds. The van der Waals surface area contributed by atoms with E-state index in [2.05, 4.69) is 4.98 Å². The molecule has 35 heavy (non-hydrogen) atoms. The van der Waals surface area contributed by atoms with Gasteiger partial charge in [-0.25, -0.2) is 4.79 Å². The van der Waals surface area contributed by atoms with Crippen molar-refractivity contribution >= 4 is 17.4 Å². The Morgan fingerprint density at radius 1 is 1.09 bits per heavy atom. The molecule has 0 atom stereocenters. The maximum Gasteiger partial charge on any atom is 0.330 e. The van der Waals surface area contributed by atoms with Crippen LogP contribution in [0.2, 0.25) is 0 Å². The first kappa shape index (κ1) is 25.9. The molecule has 0 radical (unpaired) electrons. The highest BCUT2D eigenvalue weighted by atomic mass is 16.5. The van der Waals surface area contributed by atoms with Crippen molar-refractivity contribution in [2.45, 2.75) is 47.1 Å². The monoisotopic (exact) mass is 482 g/mol. The van der Waals surface area contributed by atoms with Gasteiger partial charge in [-0.05, 0) is 48.2 Å². The number of carbonyl (C=O) groups excluding carboxylic acids is 1.